The molecule has 16 heavy (non-hydrogen) atoms. The van der Waals surface area contributed by atoms with Gasteiger partial charge in [0.05, 0.1) is 6.61 Å². The van der Waals surface area contributed by atoms with Gasteiger partial charge in [0.1, 0.15) is 11.4 Å². The van der Waals surface area contributed by atoms with Gasteiger partial charge in [0, 0.05) is 0 Å². The fourth-order valence-electron chi connectivity index (χ4n) is 2.13. The van der Waals surface area contributed by atoms with Gasteiger partial charge < -0.3 is 10.1 Å². The van der Waals surface area contributed by atoms with Crippen molar-refractivity contribution in [1.29, 1.82) is 0 Å². The molecule has 2 nitrogen and oxygen atoms in total. The number of piperidine rings is 1. The molecule has 1 aliphatic heterocycles. The van der Waals surface area contributed by atoms with E-state index in [-0.39, 0.29) is 0 Å². The Morgan fingerprint density at radius 2 is 1.88 bits per heavy atom. The minimum atomic E-state index is -1.16. The molecule has 2 rings (SSSR count). The Hall–Kier alpha value is -1.09. The van der Waals surface area contributed by atoms with Gasteiger partial charge in [-0.3, -0.25) is 0 Å². The SMILES string of the molecule is CCOc1ccc(C2(F)CCNCC2)cc1. The second-order valence-corrected chi connectivity index (χ2v) is 4.17. The number of nitrogens with one attached hydrogen (secondary N) is 1. The smallest absolute Gasteiger partial charge is 0.138 e. The third-order valence-corrected chi connectivity index (χ3v) is 3.08. The summed E-state index contributed by atoms with van der Waals surface area (Å²) in [7, 11) is 0. The molecule has 0 amide bonds. The third kappa shape index (κ3) is 2.35. The second kappa shape index (κ2) is 4.83. The highest BCUT2D eigenvalue weighted by Crippen LogP contribution is 2.35. The molecule has 3 heteroatoms. The van der Waals surface area contributed by atoms with E-state index < -0.39 is 5.67 Å². The fraction of sp³-hybridized carbons (Fsp3) is 0.538. The van der Waals surface area contributed by atoms with E-state index >= 15 is 0 Å². The average Bonchev–Trinajstić information content (AvgIpc) is 2.31. The quantitative estimate of drug-likeness (QED) is 0.850. The van der Waals surface area contributed by atoms with Gasteiger partial charge in [0.25, 0.3) is 0 Å². The van der Waals surface area contributed by atoms with Crippen molar-refractivity contribution in [3.63, 3.8) is 0 Å². The monoisotopic (exact) mass is 223 g/mol. The molecule has 0 atom stereocenters. The summed E-state index contributed by atoms with van der Waals surface area (Å²) in [6.07, 6.45) is 1.11. The van der Waals surface area contributed by atoms with Gasteiger partial charge in [0.15, 0.2) is 0 Å². The average molecular weight is 223 g/mol. The van der Waals surface area contributed by atoms with E-state index in [2.05, 4.69) is 5.32 Å². The topological polar surface area (TPSA) is 21.3 Å². The van der Waals surface area contributed by atoms with Crippen LogP contribution < -0.4 is 10.1 Å². The summed E-state index contributed by atoms with van der Waals surface area (Å²) in [5.74, 6) is 0.809. The maximum Gasteiger partial charge on any atom is 0.138 e. The first kappa shape index (κ1) is 11.4. The van der Waals surface area contributed by atoms with E-state index in [1.807, 2.05) is 31.2 Å². The van der Waals surface area contributed by atoms with Gasteiger partial charge in [-0.1, -0.05) is 12.1 Å². The Balaban J connectivity index is 2.13. The maximum atomic E-state index is 14.5. The van der Waals surface area contributed by atoms with E-state index in [0.717, 1.165) is 24.4 Å². The van der Waals surface area contributed by atoms with Gasteiger partial charge in [-0.2, -0.15) is 0 Å². The van der Waals surface area contributed by atoms with Crippen LogP contribution in [-0.2, 0) is 5.67 Å². The molecule has 0 aromatic heterocycles. The summed E-state index contributed by atoms with van der Waals surface area (Å²) in [5, 5.41) is 3.18. The molecule has 0 aliphatic carbocycles. The molecule has 1 fully saturated rings. The van der Waals surface area contributed by atoms with Crippen molar-refractivity contribution in [2.24, 2.45) is 0 Å². The van der Waals surface area contributed by atoms with Crippen molar-refractivity contribution in [3.05, 3.63) is 29.8 Å². The third-order valence-electron chi connectivity index (χ3n) is 3.08. The van der Waals surface area contributed by atoms with E-state index in [0.29, 0.717) is 19.4 Å². The zero-order valence-electron chi connectivity index (χ0n) is 9.63. The van der Waals surface area contributed by atoms with Crippen LogP contribution in [0.5, 0.6) is 5.75 Å². The molecular formula is C13H18FNO. The van der Waals surface area contributed by atoms with Crippen LogP contribution in [0.2, 0.25) is 0 Å². The van der Waals surface area contributed by atoms with E-state index in [1.54, 1.807) is 0 Å². The normalized spacial score (nSPS) is 19.4. The Labute approximate surface area is 95.8 Å². The van der Waals surface area contributed by atoms with Crippen molar-refractivity contribution in [2.75, 3.05) is 19.7 Å². The highest BCUT2D eigenvalue weighted by Gasteiger charge is 2.33. The highest BCUT2D eigenvalue weighted by molar-refractivity contribution is 5.31. The molecule has 1 N–H and O–H groups in total. The Morgan fingerprint density at radius 1 is 1.25 bits per heavy atom. The van der Waals surface area contributed by atoms with Crippen LogP contribution in [0, 0.1) is 0 Å². The van der Waals surface area contributed by atoms with Gasteiger partial charge >= 0.3 is 0 Å². The molecule has 0 spiro atoms. The van der Waals surface area contributed by atoms with Crippen LogP contribution in [0.15, 0.2) is 24.3 Å². The number of hydrogen-bond acceptors (Lipinski definition) is 2. The molecule has 0 radical (unpaired) electrons. The van der Waals surface area contributed by atoms with Gasteiger partial charge in [-0.05, 0) is 50.6 Å². The van der Waals surface area contributed by atoms with Crippen molar-refractivity contribution < 1.29 is 9.13 Å². The number of alkyl halides is 1. The molecule has 1 aromatic rings. The number of halogens is 1. The molecule has 0 saturated carbocycles. The maximum absolute atomic E-state index is 14.5. The van der Waals surface area contributed by atoms with E-state index in [1.165, 1.54) is 0 Å². The Morgan fingerprint density at radius 3 is 2.44 bits per heavy atom. The summed E-state index contributed by atoms with van der Waals surface area (Å²) in [6, 6.07) is 7.39. The standard InChI is InChI=1S/C13H18FNO/c1-2-16-12-5-3-11(4-6-12)13(14)7-9-15-10-8-13/h3-6,15H,2,7-10H2,1H3. The zero-order chi connectivity index (χ0) is 11.4. The van der Waals surface area contributed by atoms with Crippen LogP contribution in [-0.4, -0.2) is 19.7 Å². The first-order chi connectivity index (χ1) is 7.74. The number of ether oxygens (including phenoxy) is 1. The number of benzene rings is 1. The summed E-state index contributed by atoms with van der Waals surface area (Å²) < 4.78 is 19.9. The first-order valence-electron chi connectivity index (χ1n) is 5.87. The lowest BCUT2D eigenvalue weighted by Gasteiger charge is -2.30. The molecule has 1 heterocycles. The van der Waals surface area contributed by atoms with Crippen molar-refractivity contribution >= 4 is 0 Å². The van der Waals surface area contributed by atoms with Gasteiger partial charge in [-0.15, -0.1) is 0 Å². The lowest BCUT2D eigenvalue weighted by molar-refractivity contribution is 0.115. The van der Waals surface area contributed by atoms with Crippen LogP contribution in [0.25, 0.3) is 0 Å². The number of hydrogen-bond donors (Lipinski definition) is 1. The van der Waals surface area contributed by atoms with Gasteiger partial charge in [0.2, 0.25) is 0 Å². The summed E-state index contributed by atoms with van der Waals surface area (Å²) in [4.78, 5) is 0. The van der Waals surface area contributed by atoms with Crippen LogP contribution in [0.4, 0.5) is 4.39 Å². The molecule has 88 valence electrons. The molecule has 1 aromatic carbocycles. The predicted octanol–water partition coefficient (Wildman–Crippen LogP) is 2.63. The minimum Gasteiger partial charge on any atom is -0.494 e. The summed E-state index contributed by atoms with van der Waals surface area (Å²) in [5.41, 5.74) is -0.381. The molecule has 1 saturated heterocycles. The van der Waals surface area contributed by atoms with Gasteiger partial charge in [-0.25, -0.2) is 4.39 Å². The van der Waals surface area contributed by atoms with Crippen LogP contribution >= 0.6 is 0 Å². The van der Waals surface area contributed by atoms with Crippen molar-refractivity contribution in [1.82, 2.24) is 5.32 Å². The fourth-order valence-corrected chi connectivity index (χ4v) is 2.13. The first-order valence-corrected chi connectivity index (χ1v) is 5.87. The lowest BCUT2D eigenvalue weighted by atomic mass is 9.87. The lowest BCUT2D eigenvalue weighted by Crippen LogP contribution is -2.36. The van der Waals surface area contributed by atoms with E-state index in [9.17, 15) is 4.39 Å². The molecule has 0 unspecified atom stereocenters. The number of rotatable bonds is 3. The molecule has 0 bridgehead atoms. The largest absolute Gasteiger partial charge is 0.494 e. The van der Waals surface area contributed by atoms with Crippen molar-refractivity contribution in [3.8, 4) is 5.75 Å². The van der Waals surface area contributed by atoms with Crippen LogP contribution in [0.3, 0.4) is 0 Å². The van der Waals surface area contributed by atoms with Crippen molar-refractivity contribution in [2.45, 2.75) is 25.4 Å². The predicted molar refractivity (Wildman–Crippen MR) is 62.5 cm³/mol. The summed E-state index contributed by atoms with van der Waals surface area (Å²) >= 11 is 0. The second-order valence-electron chi connectivity index (χ2n) is 4.17. The van der Waals surface area contributed by atoms with Crippen LogP contribution in [0.1, 0.15) is 25.3 Å². The summed E-state index contributed by atoms with van der Waals surface area (Å²) in [6.45, 7) is 4.09. The Kier molecular flexibility index (Phi) is 3.44. The zero-order valence-corrected chi connectivity index (χ0v) is 9.63. The highest BCUT2D eigenvalue weighted by atomic mass is 19.1. The Bertz CT molecular complexity index is 330. The minimum absolute atomic E-state index is 0.557. The molecular weight excluding hydrogens is 205 g/mol. The van der Waals surface area contributed by atoms with E-state index in [4.69, 9.17) is 4.74 Å². The molecule has 1 aliphatic rings.